The van der Waals surface area contributed by atoms with Crippen molar-refractivity contribution in [3.05, 3.63) is 36.1 Å². The molecule has 0 bridgehead atoms. The van der Waals surface area contributed by atoms with Gasteiger partial charge in [-0.1, -0.05) is 18.2 Å². The van der Waals surface area contributed by atoms with E-state index in [4.69, 9.17) is 14.9 Å². The molecule has 1 aliphatic rings. The van der Waals surface area contributed by atoms with E-state index in [0.29, 0.717) is 12.6 Å². The zero-order valence-corrected chi connectivity index (χ0v) is 12.6. The number of furan rings is 1. The maximum absolute atomic E-state index is 5.99. The van der Waals surface area contributed by atoms with Crippen LogP contribution in [0.3, 0.4) is 0 Å². The van der Waals surface area contributed by atoms with Crippen molar-refractivity contribution >= 4 is 11.0 Å². The predicted octanol–water partition coefficient (Wildman–Crippen LogP) is 2.93. The van der Waals surface area contributed by atoms with Crippen molar-refractivity contribution in [3.8, 4) is 0 Å². The first kappa shape index (κ1) is 14.6. The number of benzene rings is 1. The lowest BCUT2D eigenvalue weighted by Crippen LogP contribution is -2.38. The van der Waals surface area contributed by atoms with Gasteiger partial charge in [0.05, 0.1) is 12.1 Å². The third kappa shape index (κ3) is 3.28. The number of nitrogens with zero attached hydrogens (tertiary/aromatic N) is 1. The van der Waals surface area contributed by atoms with Gasteiger partial charge in [0.25, 0.3) is 0 Å². The zero-order chi connectivity index (χ0) is 14.7. The number of rotatable bonds is 5. The lowest BCUT2D eigenvalue weighted by molar-refractivity contribution is -0.00906. The predicted molar refractivity (Wildman–Crippen MR) is 84.2 cm³/mol. The highest BCUT2D eigenvalue weighted by atomic mass is 16.5. The van der Waals surface area contributed by atoms with Gasteiger partial charge in [0.2, 0.25) is 0 Å². The van der Waals surface area contributed by atoms with Gasteiger partial charge in [-0.2, -0.15) is 0 Å². The summed E-state index contributed by atoms with van der Waals surface area (Å²) in [6, 6.07) is 10.3. The second kappa shape index (κ2) is 6.60. The summed E-state index contributed by atoms with van der Waals surface area (Å²) < 4.78 is 11.8. The number of likely N-dealkylation sites (N-methyl/N-ethyl adjacent to an activating group) is 1. The summed E-state index contributed by atoms with van der Waals surface area (Å²) in [5.41, 5.74) is 6.91. The SMILES string of the molecule is CN(CC1CCCCO1)C(CN)c1cc2ccccc2o1. The standard InChI is InChI=1S/C17H24N2O2/c1-19(12-14-7-4-5-9-20-14)15(11-18)17-10-13-6-2-3-8-16(13)21-17/h2-3,6,8,10,14-15H,4-5,7,9,11-12,18H2,1H3. The molecule has 4 heteroatoms. The van der Waals surface area contributed by atoms with Crippen LogP contribution < -0.4 is 5.73 Å². The van der Waals surface area contributed by atoms with Crippen LogP contribution in [0.15, 0.2) is 34.7 Å². The van der Waals surface area contributed by atoms with Gasteiger partial charge in [-0.05, 0) is 38.4 Å². The molecule has 2 unspecified atom stereocenters. The molecule has 1 aromatic carbocycles. The normalized spacial score (nSPS) is 21.0. The van der Waals surface area contributed by atoms with Crippen molar-refractivity contribution in [2.45, 2.75) is 31.4 Å². The molecule has 21 heavy (non-hydrogen) atoms. The van der Waals surface area contributed by atoms with Gasteiger partial charge < -0.3 is 14.9 Å². The maximum Gasteiger partial charge on any atom is 0.134 e. The number of fused-ring (bicyclic) bond motifs is 1. The molecule has 114 valence electrons. The summed E-state index contributed by atoms with van der Waals surface area (Å²) in [5.74, 6) is 0.942. The summed E-state index contributed by atoms with van der Waals surface area (Å²) in [4.78, 5) is 2.26. The lowest BCUT2D eigenvalue weighted by atomic mass is 10.1. The van der Waals surface area contributed by atoms with E-state index in [-0.39, 0.29) is 6.04 Å². The summed E-state index contributed by atoms with van der Waals surface area (Å²) in [7, 11) is 2.10. The minimum absolute atomic E-state index is 0.0999. The van der Waals surface area contributed by atoms with E-state index in [9.17, 15) is 0 Å². The Balaban J connectivity index is 1.73. The highest BCUT2D eigenvalue weighted by Gasteiger charge is 2.23. The van der Waals surface area contributed by atoms with Crippen LogP contribution in [0.4, 0.5) is 0 Å². The maximum atomic E-state index is 5.99. The van der Waals surface area contributed by atoms with Gasteiger partial charge in [0.15, 0.2) is 0 Å². The van der Waals surface area contributed by atoms with E-state index in [0.717, 1.165) is 36.3 Å². The van der Waals surface area contributed by atoms with Gasteiger partial charge in [-0.15, -0.1) is 0 Å². The van der Waals surface area contributed by atoms with Gasteiger partial charge in [0.1, 0.15) is 11.3 Å². The molecule has 4 nitrogen and oxygen atoms in total. The highest BCUT2D eigenvalue weighted by molar-refractivity contribution is 5.77. The molecule has 0 spiro atoms. The van der Waals surface area contributed by atoms with Crippen molar-refractivity contribution in [3.63, 3.8) is 0 Å². The van der Waals surface area contributed by atoms with Crippen LogP contribution in [0.1, 0.15) is 31.1 Å². The lowest BCUT2D eigenvalue weighted by Gasteiger charge is -2.31. The monoisotopic (exact) mass is 288 g/mol. The van der Waals surface area contributed by atoms with Crippen molar-refractivity contribution < 1.29 is 9.15 Å². The largest absolute Gasteiger partial charge is 0.459 e. The smallest absolute Gasteiger partial charge is 0.134 e. The van der Waals surface area contributed by atoms with E-state index in [1.54, 1.807) is 0 Å². The molecular weight excluding hydrogens is 264 g/mol. The molecule has 3 rings (SSSR count). The Hall–Kier alpha value is -1.36. The van der Waals surface area contributed by atoms with Crippen molar-refractivity contribution in [2.75, 3.05) is 26.7 Å². The highest BCUT2D eigenvalue weighted by Crippen LogP contribution is 2.27. The number of hydrogen-bond donors (Lipinski definition) is 1. The van der Waals surface area contributed by atoms with Gasteiger partial charge >= 0.3 is 0 Å². The first-order chi connectivity index (χ1) is 10.3. The average molecular weight is 288 g/mol. The second-order valence-electron chi connectivity index (χ2n) is 5.87. The van der Waals surface area contributed by atoms with Crippen LogP contribution in [0.2, 0.25) is 0 Å². The molecular formula is C17H24N2O2. The fraction of sp³-hybridized carbons (Fsp3) is 0.529. The van der Waals surface area contributed by atoms with Crippen LogP contribution in [-0.4, -0.2) is 37.7 Å². The van der Waals surface area contributed by atoms with E-state index in [2.05, 4.69) is 24.1 Å². The first-order valence-corrected chi connectivity index (χ1v) is 7.78. The quantitative estimate of drug-likeness (QED) is 0.919. The van der Waals surface area contributed by atoms with Crippen LogP contribution in [0.25, 0.3) is 11.0 Å². The molecule has 1 saturated heterocycles. The minimum Gasteiger partial charge on any atom is -0.459 e. The fourth-order valence-electron chi connectivity index (χ4n) is 3.08. The second-order valence-corrected chi connectivity index (χ2v) is 5.87. The van der Waals surface area contributed by atoms with Crippen molar-refractivity contribution in [1.29, 1.82) is 0 Å². The number of para-hydroxylation sites is 1. The molecule has 0 aliphatic carbocycles. The zero-order valence-electron chi connectivity index (χ0n) is 12.6. The molecule has 2 N–H and O–H groups in total. The molecule has 2 aromatic rings. The average Bonchev–Trinajstić information content (AvgIpc) is 2.92. The molecule has 2 heterocycles. The Labute approximate surface area is 125 Å². The molecule has 1 aromatic heterocycles. The third-order valence-electron chi connectivity index (χ3n) is 4.29. The molecule has 2 atom stereocenters. The van der Waals surface area contributed by atoms with Gasteiger partial charge in [0, 0.05) is 25.1 Å². The van der Waals surface area contributed by atoms with Gasteiger partial charge in [-0.25, -0.2) is 0 Å². The van der Waals surface area contributed by atoms with E-state index in [1.807, 2.05) is 18.2 Å². The Kier molecular flexibility index (Phi) is 4.58. The summed E-state index contributed by atoms with van der Waals surface area (Å²) in [6.45, 7) is 2.33. The molecule has 1 fully saturated rings. The Morgan fingerprint density at radius 3 is 2.90 bits per heavy atom. The summed E-state index contributed by atoms with van der Waals surface area (Å²) in [6.07, 6.45) is 3.91. The Morgan fingerprint density at radius 2 is 2.19 bits per heavy atom. The van der Waals surface area contributed by atoms with E-state index in [1.165, 1.54) is 12.8 Å². The topological polar surface area (TPSA) is 51.6 Å². The van der Waals surface area contributed by atoms with Crippen molar-refractivity contribution in [2.24, 2.45) is 5.73 Å². The Bertz CT molecular complexity index is 542. The third-order valence-corrected chi connectivity index (χ3v) is 4.29. The number of hydrogen-bond acceptors (Lipinski definition) is 4. The van der Waals surface area contributed by atoms with Crippen LogP contribution in [0, 0.1) is 0 Å². The summed E-state index contributed by atoms with van der Waals surface area (Å²) >= 11 is 0. The van der Waals surface area contributed by atoms with Crippen LogP contribution in [-0.2, 0) is 4.74 Å². The molecule has 0 radical (unpaired) electrons. The fourth-order valence-corrected chi connectivity index (χ4v) is 3.08. The molecule has 0 saturated carbocycles. The van der Waals surface area contributed by atoms with Crippen LogP contribution in [0.5, 0.6) is 0 Å². The molecule has 0 amide bonds. The number of nitrogens with two attached hydrogens (primary N) is 1. The first-order valence-electron chi connectivity index (χ1n) is 7.78. The van der Waals surface area contributed by atoms with E-state index < -0.39 is 0 Å². The summed E-state index contributed by atoms with van der Waals surface area (Å²) in [5, 5.41) is 1.13. The van der Waals surface area contributed by atoms with Crippen LogP contribution >= 0.6 is 0 Å². The van der Waals surface area contributed by atoms with Gasteiger partial charge in [-0.3, -0.25) is 4.90 Å². The van der Waals surface area contributed by atoms with Crippen molar-refractivity contribution in [1.82, 2.24) is 4.90 Å². The Morgan fingerprint density at radius 1 is 1.33 bits per heavy atom. The molecule has 1 aliphatic heterocycles. The van der Waals surface area contributed by atoms with E-state index >= 15 is 0 Å². The number of ether oxygens (including phenoxy) is 1. The minimum atomic E-state index is 0.0999.